The summed E-state index contributed by atoms with van der Waals surface area (Å²) < 4.78 is 1.92. The van der Waals surface area contributed by atoms with Crippen LogP contribution in [0.4, 0.5) is 0 Å². The average molecular weight is 357 g/mol. The molecular formula is C19H27N5O2. The summed E-state index contributed by atoms with van der Waals surface area (Å²) in [5.41, 5.74) is 3.15. The van der Waals surface area contributed by atoms with Gasteiger partial charge in [0.2, 0.25) is 0 Å². The van der Waals surface area contributed by atoms with Crippen LogP contribution in [0.1, 0.15) is 60.0 Å². The van der Waals surface area contributed by atoms with Gasteiger partial charge in [0.05, 0.1) is 23.1 Å². The number of aromatic nitrogens is 4. The third-order valence-electron chi connectivity index (χ3n) is 5.10. The van der Waals surface area contributed by atoms with Gasteiger partial charge in [0.25, 0.3) is 5.91 Å². The number of rotatable bonds is 5. The SMILES string of the molecule is CCc1nnc(C)cc1C(=O)N1C[C@@H](CO)[C@H](c2cnn(C(C)C)c2)C1. The summed E-state index contributed by atoms with van der Waals surface area (Å²) in [5, 5.41) is 22.5. The van der Waals surface area contributed by atoms with E-state index in [-0.39, 0.29) is 30.4 Å². The molecule has 1 aliphatic heterocycles. The van der Waals surface area contributed by atoms with Gasteiger partial charge in [0, 0.05) is 43.8 Å². The van der Waals surface area contributed by atoms with Crippen molar-refractivity contribution in [2.45, 2.75) is 46.1 Å². The molecule has 3 heterocycles. The first-order valence-corrected chi connectivity index (χ1v) is 9.22. The molecule has 1 fully saturated rings. The molecule has 1 saturated heterocycles. The Hall–Kier alpha value is -2.28. The molecule has 0 aliphatic carbocycles. The Morgan fingerprint density at radius 3 is 2.73 bits per heavy atom. The molecule has 2 atom stereocenters. The fraction of sp³-hybridized carbons (Fsp3) is 0.579. The predicted molar refractivity (Wildman–Crippen MR) is 98.0 cm³/mol. The minimum Gasteiger partial charge on any atom is -0.396 e. The van der Waals surface area contributed by atoms with Crippen LogP contribution in [0, 0.1) is 12.8 Å². The summed E-state index contributed by atoms with van der Waals surface area (Å²) >= 11 is 0. The van der Waals surface area contributed by atoms with Crippen LogP contribution in [0.25, 0.3) is 0 Å². The number of hydrogen-bond donors (Lipinski definition) is 1. The van der Waals surface area contributed by atoms with Crippen LogP contribution in [-0.2, 0) is 6.42 Å². The van der Waals surface area contributed by atoms with Crippen molar-refractivity contribution in [3.63, 3.8) is 0 Å². The van der Waals surface area contributed by atoms with Gasteiger partial charge in [-0.05, 0) is 38.8 Å². The van der Waals surface area contributed by atoms with E-state index in [0.717, 1.165) is 17.0 Å². The molecule has 1 aliphatic rings. The summed E-state index contributed by atoms with van der Waals surface area (Å²) in [7, 11) is 0. The standard InChI is InChI=1S/C19H27N5O2/c1-5-18-16(6-13(4)21-22-18)19(26)23-8-15(11-25)17(10-23)14-7-20-24(9-14)12(2)3/h6-7,9,12,15,17,25H,5,8,10-11H2,1-4H3/t15-,17-/m0/s1. The first-order valence-electron chi connectivity index (χ1n) is 9.22. The number of hydrogen-bond acceptors (Lipinski definition) is 5. The van der Waals surface area contributed by atoms with Gasteiger partial charge in [0.15, 0.2) is 0 Å². The maximum atomic E-state index is 13.1. The van der Waals surface area contributed by atoms with Crippen LogP contribution >= 0.6 is 0 Å². The quantitative estimate of drug-likeness (QED) is 0.884. The molecule has 26 heavy (non-hydrogen) atoms. The third-order valence-corrected chi connectivity index (χ3v) is 5.10. The Kier molecular flexibility index (Phi) is 5.36. The second-order valence-corrected chi connectivity index (χ2v) is 7.31. The van der Waals surface area contributed by atoms with Crippen LogP contribution in [0.2, 0.25) is 0 Å². The lowest BCUT2D eigenvalue weighted by molar-refractivity contribution is 0.0779. The number of aryl methyl sites for hydroxylation is 2. The lowest BCUT2D eigenvalue weighted by atomic mass is 9.92. The van der Waals surface area contributed by atoms with E-state index in [1.165, 1.54) is 0 Å². The monoisotopic (exact) mass is 357 g/mol. The molecule has 0 unspecified atom stereocenters. The van der Waals surface area contributed by atoms with Gasteiger partial charge in [-0.3, -0.25) is 9.48 Å². The van der Waals surface area contributed by atoms with Crippen LogP contribution in [0.5, 0.6) is 0 Å². The van der Waals surface area contributed by atoms with Gasteiger partial charge in [0.1, 0.15) is 0 Å². The highest BCUT2D eigenvalue weighted by Crippen LogP contribution is 2.33. The van der Waals surface area contributed by atoms with Crippen molar-refractivity contribution >= 4 is 5.91 Å². The molecule has 0 aromatic carbocycles. The average Bonchev–Trinajstić information content (AvgIpc) is 3.27. The lowest BCUT2D eigenvalue weighted by Gasteiger charge is -2.18. The molecule has 2 aromatic rings. The van der Waals surface area contributed by atoms with Crippen molar-refractivity contribution < 1.29 is 9.90 Å². The summed E-state index contributed by atoms with van der Waals surface area (Å²) in [6, 6.07) is 2.10. The first kappa shape index (κ1) is 18.5. The van der Waals surface area contributed by atoms with Crippen molar-refractivity contribution in [1.29, 1.82) is 0 Å². The summed E-state index contributed by atoms with van der Waals surface area (Å²) in [6.45, 7) is 9.14. The van der Waals surface area contributed by atoms with Crippen molar-refractivity contribution in [2.75, 3.05) is 19.7 Å². The zero-order valence-electron chi connectivity index (χ0n) is 15.9. The molecule has 3 rings (SSSR count). The molecule has 1 amide bonds. The van der Waals surface area contributed by atoms with Crippen molar-refractivity contribution in [3.05, 3.63) is 41.0 Å². The van der Waals surface area contributed by atoms with Crippen LogP contribution in [-0.4, -0.2) is 55.6 Å². The number of aliphatic hydroxyl groups excluding tert-OH is 1. The van der Waals surface area contributed by atoms with E-state index in [9.17, 15) is 9.90 Å². The summed E-state index contributed by atoms with van der Waals surface area (Å²) in [5.74, 6) is 0.0826. The van der Waals surface area contributed by atoms with E-state index in [0.29, 0.717) is 25.1 Å². The second kappa shape index (κ2) is 7.53. The zero-order valence-corrected chi connectivity index (χ0v) is 15.9. The van der Waals surface area contributed by atoms with Crippen molar-refractivity contribution in [2.24, 2.45) is 5.92 Å². The highest BCUT2D eigenvalue weighted by atomic mass is 16.3. The molecule has 0 bridgehead atoms. The van der Waals surface area contributed by atoms with Crippen molar-refractivity contribution in [1.82, 2.24) is 24.9 Å². The molecule has 7 nitrogen and oxygen atoms in total. The Bertz CT molecular complexity index is 786. The molecular weight excluding hydrogens is 330 g/mol. The number of carbonyl (C=O) groups excluding carboxylic acids is 1. The number of likely N-dealkylation sites (tertiary alicyclic amines) is 1. The zero-order chi connectivity index (χ0) is 18.8. The van der Waals surface area contributed by atoms with Gasteiger partial charge < -0.3 is 10.0 Å². The molecule has 0 saturated carbocycles. The van der Waals surface area contributed by atoms with Gasteiger partial charge in [-0.2, -0.15) is 15.3 Å². The molecule has 1 N–H and O–H groups in total. The second-order valence-electron chi connectivity index (χ2n) is 7.31. The third kappa shape index (κ3) is 3.49. The minimum atomic E-state index is -0.0305. The number of aliphatic hydroxyl groups is 1. The largest absolute Gasteiger partial charge is 0.396 e. The van der Waals surface area contributed by atoms with E-state index < -0.39 is 0 Å². The van der Waals surface area contributed by atoms with E-state index in [1.807, 2.05) is 41.9 Å². The molecule has 2 aromatic heterocycles. The normalized spacial score (nSPS) is 20.2. The maximum Gasteiger partial charge on any atom is 0.255 e. The van der Waals surface area contributed by atoms with Gasteiger partial charge >= 0.3 is 0 Å². The molecule has 0 radical (unpaired) electrons. The maximum absolute atomic E-state index is 13.1. The first-order chi connectivity index (χ1) is 12.4. The number of amides is 1. The van der Waals surface area contributed by atoms with Gasteiger partial charge in [-0.1, -0.05) is 6.92 Å². The lowest BCUT2D eigenvalue weighted by Crippen LogP contribution is -2.30. The Labute approximate surface area is 154 Å². The highest BCUT2D eigenvalue weighted by Gasteiger charge is 2.37. The summed E-state index contributed by atoms with van der Waals surface area (Å²) in [4.78, 5) is 14.9. The number of nitrogens with zero attached hydrogens (tertiary/aromatic N) is 5. The fourth-order valence-corrected chi connectivity index (χ4v) is 3.56. The smallest absolute Gasteiger partial charge is 0.255 e. The van der Waals surface area contributed by atoms with Crippen LogP contribution < -0.4 is 0 Å². The predicted octanol–water partition coefficient (Wildman–Crippen LogP) is 1.97. The molecule has 7 heteroatoms. The van der Waals surface area contributed by atoms with E-state index >= 15 is 0 Å². The van der Waals surface area contributed by atoms with E-state index in [2.05, 4.69) is 29.1 Å². The highest BCUT2D eigenvalue weighted by molar-refractivity contribution is 5.95. The minimum absolute atomic E-state index is 0.0183. The number of carbonyl (C=O) groups is 1. The van der Waals surface area contributed by atoms with E-state index in [1.54, 1.807) is 0 Å². The topological polar surface area (TPSA) is 84.1 Å². The van der Waals surface area contributed by atoms with Gasteiger partial charge in [-0.25, -0.2) is 0 Å². The Morgan fingerprint density at radius 2 is 2.12 bits per heavy atom. The fourth-order valence-electron chi connectivity index (χ4n) is 3.56. The summed E-state index contributed by atoms with van der Waals surface area (Å²) in [6.07, 6.45) is 4.55. The van der Waals surface area contributed by atoms with Crippen molar-refractivity contribution in [3.8, 4) is 0 Å². The van der Waals surface area contributed by atoms with Gasteiger partial charge in [-0.15, -0.1) is 0 Å². The Balaban J connectivity index is 1.84. The molecule has 0 spiro atoms. The molecule has 140 valence electrons. The Morgan fingerprint density at radius 1 is 1.35 bits per heavy atom. The van der Waals surface area contributed by atoms with Crippen LogP contribution in [0.3, 0.4) is 0 Å². The van der Waals surface area contributed by atoms with E-state index in [4.69, 9.17) is 0 Å². The van der Waals surface area contributed by atoms with Crippen LogP contribution in [0.15, 0.2) is 18.5 Å².